The summed E-state index contributed by atoms with van der Waals surface area (Å²) in [6.07, 6.45) is 0. The predicted molar refractivity (Wildman–Crippen MR) is 58.6 cm³/mol. The zero-order valence-corrected chi connectivity index (χ0v) is 8.60. The molecule has 0 bridgehead atoms. The highest BCUT2D eigenvalue weighted by atomic mass is 32.1. The van der Waals surface area contributed by atoms with Gasteiger partial charge in [-0.15, -0.1) is 0 Å². The van der Waals surface area contributed by atoms with E-state index in [2.05, 4.69) is 10.4 Å². The number of nitrogen functional groups attached to an aromatic ring is 1. The summed E-state index contributed by atoms with van der Waals surface area (Å²) in [5.41, 5.74) is 3.45. The van der Waals surface area contributed by atoms with Gasteiger partial charge in [0, 0.05) is 6.07 Å². The van der Waals surface area contributed by atoms with Gasteiger partial charge in [0.1, 0.15) is 5.75 Å². The van der Waals surface area contributed by atoms with Gasteiger partial charge in [0.15, 0.2) is 5.13 Å². The maximum Gasteiger partial charge on any atom is 0.198 e. The second-order valence-corrected chi connectivity index (χ2v) is 3.76. The van der Waals surface area contributed by atoms with E-state index in [1.165, 1.54) is 11.3 Å². The molecule has 1 aromatic heterocycles. The first-order chi connectivity index (χ1) is 6.83. The van der Waals surface area contributed by atoms with Crippen molar-refractivity contribution in [2.75, 3.05) is 12.0 Å². The molecule has 3 N–H and O–H groups in total. The summed E-state index contributed by atoms with van der Waals surface area (Å²) in [5.74, 6) is 6.12. The van der Waals surface area contributed by atoms with Gasteiger partial charge < -0.3 is 4.74 Å². The second kappa shape index (κ2) is 3.81. The van der Waals surface area contributed by atoms with Gasteiger partial charge in [-0.05, 0) is 19.1 Å². The zero-order chi connectivity index (χ0) is 9.97. The van der Waals surface area contributed by atoms with E-state index >= 15 is 0 Å². The average molecular weight is 209 g/mol. The number of anilines is 1. The molecule has 0 amide bonds. The smallest absolute Gasteiger partial charge is 0.198 e. The van der Waals surface area contributed by atoms with Crippen LogP contribution in [-0.2, 0) is 0 Å². The molecule has 0 aliphatic carbocycles. The van der Waals surface area contributed by atoms with E-state index in [1.54, 1.807) is 0 Å². The molecule has 0 saturated heterocycles. The fourth-order valence-electron chi connectivity index (χ4n) is 1.23. The fraction of sp³-hybridized carbons (Fsp3) is 0.222. The van der Waals surface area contributed by atoms with E-state index < -0.39 is 0 Å². The van der Waals surface area contributed by atoms with Gasteiger partial charge in [-0.2, -0.15) is 0 Å². The summed E-state index contributed by atoms with van der Waals surface area (Å²) in [7, 11) is 0. The third-order valence-corrected chi connectivity index (χ3v) is 2.76. The number of thiazole rings is 1. The lowest BCUT2D eigenvalue weighted by atomic mass is 10.3. The van der Waals surface area contributed by atoms with Crippen LogP contribution < -0.4 is 16.0 Å². The molecule has 2 rings (SSSR count). The molecule has 74 valence electrons. The summed E-state index contributed by atoms with van der Waals surface area (Å²) in [6, 6.07) is 5.83. The topological polar surface area (TPSA) is 60.2 Å². The van der Waals surface area contributed by atoms with Crippen molar-refractivity contribution in [3.8, 4) is 5.75 Å². The van der Waals surface area contributed by atoms with Crippen LogP contribution in [0.25, 0.3) is 10.2 Å². The molecule has 0 fully saturated rings. The third-order valence-electron chi connectivity index (χ3n) is 1.79. The summed E-state index contributed by atoms with van der Waals surface area (Å²) in [6.45, 7) is 2.62. The quantitative estimate of drug-likeness (QED) is 0.599. The molecule has 0 radical (unpaired) electrons. The molecule has 0 saturated carbocycles. The van der Waals surface area contributed by atoms with Gasteiger partial charge in [-0.25, -0.2) is 10.8 Å². The van der Waals surface area contributed by atoms with E-state index in [0.29, 0.717) is 11.7 Å². The Bertz CT molecular complexity index is 441. The number of nitrogens with two attached hydrogens (primary N) is 1. The minimum absolute atomic E-state index is 0.664. The van der Waals surface area contributed by atoms with E-state index in [0.717, 1.165) is 16.0 Å². The Morgan fingerprint density at radius 2 is 2.43 bits per heavy atom. The van der Waals surface area contributed by atoms with Crippen molar-refractivity contribution >= 4 is 26.7 Å². The van der Waals surface area contributed by atoms with Gasteiger partial charge in [0.25, 0.3) is 0 Å². The molecule has 5 heteroatoms. The Kier molecular flexibility index (Phi) is 2.51. The largest absolute Gasteiger partial charge is 0.494 e. The number of fused-ring (bicyclic) bond motifs is 1. The number of hydrogen-bond acceptors (Lipinski definition) is 5. The molecule has 4 nitrogen and oxygen atoms in total. The number of hydrazine groups is 1. The monoisotopic (exact) mass is 209 g/mol. The summed E-state index contributed by atoms with van der Waals surface area (Å²) >= 11 is 1.52. The van der Waals surface area contributed by atoms with Crippen molar-refractivity contribution in [1.82, 2.24) is 4.98 Å². The van der Waals surface area contributed by atoms with E-state index in [-0.39, 0.29) is 0 Å². The van der Waals surface area contributed by atoms with Gasteiger partial charge in [0.05, 0.1) is 16.8 Å². The van der Waals surface area contributed by atoms with Gasteiger partial charge >= 0.3 is 0 Å². The summed E-state index contributed by atoms with van der Waals surface area (Å²) < 4.78 is 6.47. The van der Waals surface area contributed by atoms with Crippen molar-refractivity contribution in [2.24, 2.45) is 5.84 Å². The number of hydrogen-bond donors (Lipinski definition) is 2. The van der Waals surface area contributed by atoms with Crippen molar-refractivity contribution in [1.29, 1.82) is 0 Å². The van der Waals surface area contributed by atoms with Crippen LogP contribution in [-0.4, -0.2) is 11.6 Å². The zero-order valence-electron chi connectivity index (χ0n) is 7.78. The number of rotatable bonds is 3. The molecule has 14 heavy (non-hydrogen) atoms. The first-order valence-electron chi connectivity index (χ1n) is 4.33. The Balaban J connectivity index is 2.43. The van der Waals surface area contributed by atoms with Crippen LogP contribution >= 0.6 is 11.3 Å². The third kappa shape index (κ3) is 1.64. The lowest BCUT2D eigenvalue weighted by molar-refractivity contribution is 0.340. The molecule has 0 atom stereocenters. The number of benzene rings is 1. The first-order valence-corrected chi connectivity index (χ1v) is 5.15. The molecular weight excluding hydrogens is 198 g/mol. The van der Waals surface area contributed by atoms with Crippen LogP contribution in [0.5, 0.6) is 5.75 Å². The van der Waals surface area contributed by atoms with E-state index in [4.69, 9.17) is 10.6 Å². The van der Waals surface area contributed by atoms with Crippen LogP contribution in [0.2, 0.25) is 0 Å². The Hall–Kier alpha value is -1.33. The summed E-state index contributed by atoms with van der Waals surface area (Å²) in [5, 5.41) is 0.716. The van der Waals surface area contributed by atoms with Crippen LogP contribution in [0.4, 0.5) is 5.13 Å². The van der Waals surface area contributed by atoms with Gasteiger partial charge in [0.2, 0.25) is 0 Å². The fourth-order valence-corrected chi connectivity index (χ4v) is 1.98. The molecule has 2 aromatic rings. The van der Waals surface area contributed by atoms with Crippen molar-refractivity contribution in [3.05, 3.63) is 18.2 Å². The van der Waals surface area contributed by atoms with Crippen LogP contribution in [0, 0.1) is 0 Å². The molecule has 0 aliphatic rings. The van der Waals surface area contributed by atoms with Gasteiger partial charge in [-0.3, -0.25) is 5.43 Å². The molecular formula is C9H11N3OS. The molecule has 0 unspecified atom stereocenters. The second-order valence-electron chi connectivity index (χ2n) is 2.73. The van der Waals surface area contributed by atoms with Gasteiger partial charge in [-0.1, -0.05) is 11.3 Å². The minimum Gasteiger partial charge on any atom is -0.494 e. The lowest BCUT2D eigenvalue weighted by Crippen LogP contribution is -2.05. The van der Waals surface area contributed by atoms with E-state index in [9.17, 15) is 0 Å². The van der Waals surface area contributed by atoms with Crippen LogP contribution in [0.15, 0.2) is 18.2 Å². The SMILES string of the molecule is CCOc1ccc2sc(NN)nc2c1. The van der Waals surface area contributed by atoms with Crippen LogP contribution in [0.1, 0.15) is 6.92 Å². The highest BCUT2D eigenvalue weighted by Gasteiger charge is 2.03. The highest BCUT2D eigenvalue weighted by Crippen LogP contribution is 2.28. The van der Waals surface area contributed by atoms with Crippen molar-refractivity contribution in [2.45, 2.75) is 6.92 Å². The number of ether oxygens (including phenoxy) is 1. The minimum atomic E-state index is 0.664. The standard InChI is InChI=1S/C9H11N3OS/c1-2-13-6-3-4-8-7(5-6)11-9(12-10)14-8/h3-5H,2,10H2,1H3,(H,11,12). The first kappa shape index (κ1) is 9.23. The molecule has 1 heterocycles. The van der Waals surface area contributed by atoms with E-state index in [1.807, 2.05) is 25.1 Å². The number of nitrogens with one attached hydrogen (secondary N) is 1. The maximum absolute atomic E-state index is 5.37. The number of nitrogens with zero attached hydrogens (tertiary/aromatic N) is 1. The summed E-state index contributed by atoms with van der Waals surface area (Å²) in [4.78, 5) is 4.28. The Morgan fingerprint density at radius 3 is 3.14 bits per heavy atom. The maximum atomic E-state index is 5.37. The van der Waals surface area contributed by atoms with Crippen molar-refractivity contribution < 1.29 is 4.74 Å². The number of aromatic nitrogens is 1. The molecule has 0 aliphatic heterocycles. The highest BCUT2D eigenvalue weighted by molar-refractivity contribution is 7.22. The molecule has 0 spiro atoms. The normalized spacial score (nSPS) is 10.4. The Morgan fingerprint density at radius 1 is 1.57 bits per heavy atom. The van der Waals surface area contributed by atoms with Crippen LogP contribution in [0.3, 0.4) is 0 Å². The molecule has 1 aromatic carbocycles. The Labute approximate surface area is 85.7 Å². The lowest BCUT2D eigenvalue weighted by Gasteiger charge is -2.00. The van der Waals surface area contributed by atoms with Crippen molar-refractivity contribution in [3.63, 3.8) is 0 Å². The predicted octanol–water partition coefficient (Wildman–Crippen LogP) is 1.98. The average Bonchev–Trinajstić information content (AvgIpc) is 2.60.